The first-order valence-corrected chi connectivity index (χ1v) is 8.03. The van der Waals surface area contributed by atoms with Gasteiger partial charge in [-0.3, -0.25) is 0 Å². The fourth-order valence-corrected chi connectivity index (χ4v) is 3.34. The Hall–Kier alpha value is -2.00. The maximum Gasteiger partial charge on any atom is 0.120 e. The van der Waals surface area contributed by atoms with Crippen molar-refractivity contribution in [3.05, 3.63) is 54.6 Å². The Bertz CT molecular complexity index is 599. The standard InChI is InChI=1S/C19H24N2O/c1-22-17-11-7-10-16(14-17)21(15-8-3-2-4-9-15)19-13-6-5-12-18(19)20/h2-4,7-11,14,18-19H,5-6,12-13,20H2,1H3/t18-,19-/m0/s1. The molecule has 0 amide bonds. The summed E-state index contributed by atoms with van der Waals surface area (Å²) in [6, 6.07) is 19.3. The molecule has 3 nitrogen and oxygen atoms in total. The van der Waals surface area contributed by atoms with E-state index in [1.807, 2.05) is 18.2 Å². The molecule has 0 unspecified atom stereocenters. The third kappa shape index (κ3) is 3.09. The molecule has 1 aliphatic rings. The Morgan fingerprint density at radius 1 is 0.955 bits per heavy atom. The molecule has 1 aliphatic carbocycles. The zero-order chi connectivity index (χ0) is 15.4. The summed E-state index contributed by atoms with van der Waals surface area (Å²) in [5.74, 6) is 0.878. The summed E-state index contributed by atoms with van der Waals surface area (Å²) in [5, 5.41) is 0. The molecule has 3 heteroatoms. The normalized spacial score (nSPS) is 21.4. The van der Waals surface area contributed by atoms with E-state index < -0.39 is 0 Å². The van der Waals surface area contributed by atoms with Gasteiger partial charge in [0, 0.05) is 29.5 Å². The lowest BCUT2D eigenvalue weighted by Crippen LogP contribution is -2.47. The van der Waals surface area contributed by atoms with E-state index in [0.717, 1.165) is 24.3 Å². The Kier molecular flexibility index (Phi) is 4.64. The monoisotopic (exact) mass is 296 g/mol. The second kappa shape index (κ2) is 6.84. The van der Waals surface area contributed by atoms with Crippen molar-refractivity contribution in [1.82, 2.24) is 0 Å². The van der Waals surface area contributed by atoms with Crippen molar-refractivity contribution in [3.8, 4) is 5.75 Å². The highest BCUT2D eigenvalue weighted by molar-refractivity contribution is 5.65. The lowest BCUT2D eigenvalue weighted by molar-refractivity contribution is 0.380. The van der Waals surface area contributed by atoms with Gasteiger partial charge in [-0.1, -0.05) is 37.1 Å². The summed E-state index contributed by atoms with van der Waals surface area (Å²) >= 11 is 0. The number of ether oxygens (including phenoxy) is 1. The molecule has 0 heterocycles. The minimum atomic E-state index is 0.208. The van der Waals surface area contributed by atoms with Crippen LogP contribution in [0.4, 0.5) is 11.4 Å². The first kappa shape index (κ1) is 14.9. The zero-order valence-corrected chi connectivity index (χ0v) is 13.1. The average Bonchev–Trinajstić information content (AvgIpc) is 2.58. The molecular formula is C19H24N2O. The maximum absolute atomic E-state index is 6.45. The van der Waals surface area contributed by atoms with Gasteiger partial charge < -0.3 is 15.4 Å². The first-order valence-electron chi connectivity index (χ1n) is 8.03. The fourth-order valence-electron chi connectivity index (χ4n) is 3.34. The van der Waals surface area contributed by atoms with Crippen LogP contribution < -0.4 is 15.4 Å². The number of para-hydroxylation sites is 1. The Morgan fingerprint density at radius 3 is 2.41 bits per heavy atom. The molecule has 0 aromatic heterocycles. The summed E-state index contributed by atoms with van der Waals surface area (Å²) in [7, 11) is 1.71. The highest BCUT2D eigenvalue weighted by atomic mass is 16.5. The minimum absolute atomic E-state index is 0.208. The van der Waals surface area contributed by atoms with Crippen LogP contribution in [-0.4, -0.2) is 19.2 Å². The van der Waals surface area contributed by atoms with Crippen LogP contribution in [-0.2, 0) is 0 Å². The minimum Gasteiger partial charge on any atom is -0.497 e. The fraction of sp³-hybridized carbons (Fsp3) is 0.368. The number of anilines is 2. The summed E-state index contributed by atoms with van der Waals surface area (Å²) in [4.78, 5) is 2.38. The number of hydrogen-bond acceptors (Lipinski definition) is 3. The van der Waals surface area contributed by atoms with Crippen LogP contribution in [0.2, 0.25) is 0 Å². The number of rotatable bonds is 4. The molecule has 2 aromatic rings. The molecule has 0 radical (unpaired) electrons. The van der Waals surface area contributed by atoms with Crippen molar-refractivity contribution in [2.24, 2.45) is 5.73 Å². The predicted molar refractivity (Wildman–Crippen MR) is 91.8 cm³/mol. The molecule has 0 aliphatic heterocycles. The van der Waals surface area contributed by atoms with Crippen molar-refractivity contribution in [3.63, 3.8) is 0 Å². The molecule has 2 N–H and O–H groups in total. The molecular weight excluding hydrogens is 272 g/mol. The Morgan fingerprint density at radius 2 is 1.68 bits per heavy atom. The molecule has 2 aromatic carbocycles. The van der Waals surface area contributed by atoms with Gasteiger partial charge in [-0.2, -0.15) is 0 Å². The van der Waals surface area contributed by atoms with Crippen LogP contribution >= 0.6 is 0 Å². The van der Waals surface area contributed by atoms with Gasteiger partial charge in [0.05, 0.1) is 7.11 Å². The number of benzene rings is 2. The number of nitrogens with zero attached hydrogens (tertiary/aromatic N) is 1. The van der Waals surface area contributed by atoms with Crippen LogP contribution in [0.25, 0.3) is 0 Å². The van der Waals surface area contributed by atoms with Crippen LogP contribution in [0.1, 0.15) is 25.7 Å². The van der Waals surface area contributed by atoms with Crippen LogP contribution in [0, 0.1) is 0 Å². The van der Waals surface area contributed by atoms with Gasteiger partial charge in [0.25, 0.3) is 0 Å². The Balaban J connectivity index is 2.02. The molecule has 3 rings (SSSR count). The van der Waals surface area contributed by atoms with Crippen molar-refractivity contribution in [2.45, 2.75) is 37.8 Å². The summed E-state index contributed by atoms with van der Waals surface area (Å²) in [6.07, 6.45) is 4.70. The van der Waals surface area contributed by atoms with E-state index in [-0.39, 0.29) is 6.04 Å². The van der Waals surface area contributed by atoms with Gasteiger partial charge >= 0.3 is 0 Å². The molecule has 22 heavy (non-hydrogen) atoms. The largest absolute Gasteiger partial charge is 0.497 e. The highest BCUT2D eigenvalue weighted by Gasteiger charge is 2.29. The van der Waals surface area contributed by atoms with Gasteiger partial charge in [-0.05, 0) is 37.1 Å². The topological polar surface area (TPSA) is 38.5 Å². The van der Waals surface area contributed by atoms with Crippen molar-refractivity contribution in [2.75, 3.05) is 12.0 Å². The molecule has 2 atom stereocenters. The zero-order valence-electron chi connectivity index (χ0n) is 13.1. The SMILES string of the molecule is COc1cccc(N(c2ccccc2)[C@H]2CCCC[C@@H]2N)c1. The first-order chi connectivity index (χ1) is 10.8. The summed E-state index contributed by atoms with van der Waals surface area (Å²) in [6.45, 7) is 0. The summed E-state index contributed by atoms with van der Waals surface area (Å²) in [5.41, 5.74) is 8.79. The Labute approximate surface area is 132 Å². The smallest absolute Gasteiger partial charge is 0.120 e. The number of methoxy groups -OCH3 is 1. The third-order valence-corrected chi connectivity index (χ3v) is 4.48. The molecule has 0 bridgehead atoms. The van der Waals surface area contributed by atoms with Gasteiger partial charge in [0.15, 0.2) is 0 Å². The molecule has 1 fully saturated rings. The predicted octanol–water partition coefficient (Wildman–Crippen LogP) is 4.10. The van der Waals surface area contributed by atoms with E-state index in [4.69, 9.17) is 10.5 Å². The summed E-state index contributed by atoms with van der Waals surface area (Å²) < 4.78 is 5.40. The van der Waals surface area contributed by atoms with Gasteiger partial charge in [0.2, 0.25) is 0 Å². The molecule has 116 valence electrons. The van der Waals surface area contributed by atoms with Crippen LogP contribution in [0.15, 0.2) is 54.6 Å². The molecule has 0 spiro atoms. The second-order valence-corrected chi connectivity index (χ2v) is 5.92. The van der Waals surface area contributed by atoms with Gasteiger partial charge in [-0.15, -0.1) is 0 Å². The quantitative estimate of drug-likeness (QED) is 0.923. The molecule has 0 saturated heterocycles. The van der Waals surface area contributed by atoms with Gasteiger partial charge in [-0.25, -0.2) is 0 Å². The second-order valence-electron chi connectivity index (χ2n) is 5.92. The van der Waals surface area contributed by atoms with Crippen molar-refractivity contribution >= 4 is 11.4 Å². The number of nitrogens with two attached hydrogens (primary N) is 1. The lowest BCUT2D eigenvalue weighted by atomic mass is 9.89. The average molecular weight is 296 g/mol. The third-order valence-electron chi connectivity index (χ3n) is 4.48. The van der Waals surface area contributed by atoms with E-state index in [0.29, 0.717) is 6.04 Å². The maximum atomic E-state index is 6.45. The van der Waals surface area contributed by atoms with E-state index in [2.05, 4.69) is 41.3 Å². The van der Waals surface area contributed by atoms with Crippen LogP contribution in [0.3, 0.4) is 0 Å². The van der Waals surface area contributed by atoms with E-state index in [9.17, 15) is 0 Å². The number of hydrogen-bond donors (Lipinski definition) is 1. The van der Waals surface area contributed by atoms with E-state index in [1.165, 1.54) is 18.5 Å². The van der Waals surface area contributed by atoms with E-state index >= 15 is 0 Å². The van der Waals surface area contributed by atoms with E-state index in [1.54, 1.807) is 7.11 Å². The van der Waals surface area contributed by atoms with Crippen LogP contribution in [0.5, 0.6) is 5.75 Å². The highest BCUT2D eigenvalue weighted by Crippen LogP contribution is 2.35. The van der Waals surface area contributed by atoms with Crippen molar-refractivity contribution < 1.29 is 4.74 Å². The molecule has 1 saturated carbocycles. The lowest BCUT2D eigenvalue weighted by Gasteiger charge is -2.40. The van der Waals surface area contributed by atoms with Crippen molar-refractivity contribution in [1.29, 1.82) is 0 Å². The van der Waals surface area contributed by atoms with Gasteiger partial charge in [0.1, 0.15) is 5.75 Å².